The Morgan fingerprint density at radius 3 is 2.80 bits per heavy atom. The van der Waals surface area contributed by atoms with E-state index in [-0.39, 0.29) is 11.8 Å². The van der Waals surface area contributed by atoms with E-state index in [0.29, 0.717) is 17.8 Å². The quantitative estimate of drug-likeness (QED) is 0.850. The van der Waals surface area contributed by atoms with Crippen molar-refractivity contribution in [1.29, 1.82) is 0 Å². The molecule has 0 spiro atoms. The number of ketones is 1. The van der Waals surface area contributed by atoms with Crippen molar-refractivity contribution in [3.05, 3.63) is 45.9 Å². The molecule has 0 aliphatic carbocycles. The lowest BCUT2D eigenvalue weighted by Gasteiger charge is -2.07. The monoisotopic (exact) mass is 289 g/mol. The number of benzene rings is 1. The van der Waals surface area contributed by atoms with E-state index < -0.39 is 0 Å². The zero-order valence-electron chi connectivity index (χ0n) is 11.3. The molecule has 0 aliphatic rings. The van der Waals surface area contributed by atoms with Crippen LogP contribution in [-0.4, -0.2) is 16.8 Å². The highest BCUT2D eigenvalue weighted by Crippen LogP contribution is 2.13. The smallest absolute Gasteiger partial charge is 0.319 e. The number of aromatic nitrogens is 1. The molecule has 0 radical (unpaired) electrons. The van der Waals surface area contributed by atoms with Gasteiger partial charge in [-0.1, -0.05) is 12.1 Å². The third kappa shape index (κ3) is 3.64. The molecular weight excluding hydrogens is 274 g/mol. The molecule has 1 heterocycles. The van der Waals surface area contributed by atoms with Gasteiger partial charge in [0.25, 0.3) is 0 Å². The fourth-order valence-corrected chi connectivity index (χ4v) is 2.36. The molecule has 2 N–H and O–H groups in total. The molecule has 0 saturated carbocycles. The van der Waals surface area contributed by atoms with E-state index >= 15 is 0 Å². The van der Waals surface area contributed by atoms with Crippen molar-refractivity contribution in [3.63, 3.8) is 0 Å². The summed E-state index contributed by atoms with van der Waals surface area (Å²) in [6.07, 6.45) is 0. The summed E-state index contributed by atoms with van der Waals surface area (Å²) in [7, 11) is 0. The summed E-state index contributed by atoms with van der Waals surface area (Å²) in [5, 5.41) is 5.46. The predicted molar refractivity (Wildman–Crippen MR) is 79.2 cm³/mol. The Balaban J connectivity index is 1.93. The highest BCUT2D eigenvalue weighted by Gasteiger charge is 2.06. The Labute approximate surface area is 121 Å². The lowest BCUT2D eigenvalue weighted by atomic mass is 10.1. The standard InChI is InChI=1S/C14H15N3O2S/c1-9-13(20-8-16-9)7-15-14(19)17-12-5-3-4-11(6-12)10(2)18/h3-6,8H,7H2,1-2H3,(H2,15,17,19). The van der Waals surface area contributed by atoms with Crippen molar-refractivity contribution in [2.45, 2.75) is 20.4 Å². The van der Waals surface area contributed by atoms with Gasteiger partial charge < -0.3 is 10.6 Å². The SMILES string of the molecule is CC(=O)c1cccc(NC(=O)NCc2scnc2C)c1. The number of hydrogen-bond donors (Lipinski definition) is 2. The van der Waals surface area contributed by atoms with Crippen LogP contribution in [0.25, 0.3) is 0 Å². The molecule has 0 fully saturated rings. The van der Waals surface area contributed by atoms with Crippen LogP contribution in [0.5, 0.6) is 0 Å². The van der Waals surface area contributed by atoms with Gasteiger partial charge in [0.2, 0.25) is 0 Å². The normalized spacial score (nSPS) is 10.1. The average molecular weight is 289 g/mol. The van der Waals surface area contributed by atoms with Crippen LogP contribution in [0.1, 0.15) is 27.9 Å². The highest BCUT2D eigenvalue weighted by atomic mass is 32.1. The molecule has 0 unspecified atom stereocenters. The predicted octanol–water partition coefficient (Wildman–Crippen LogP) is 2.98. The van der Waals surface area contributed by atoms with Crippen molar-refractivity contribution in [3.8, 4) is 0 Å². The molecule has 104 valence electrons. The molecule has 20 heavy (non-hydrogen) atoms. The zero-order valence-corrected chi connectivity index (χ0v) is 12.1. The number of amides is 2. The van der Waals surface area contributed by atoms with Gasteiger partial charge in [-0.15, -0.1) is 11.3 Å². The molecule has 0 aliphatic heterocycles. The van der Waals surface area contributed by atoms with E-state index in [4.69, 9.17) is 0 Å². The first-order valence-electron chi connectivity index (χ1n) is 6.11. The van der Waals surface area contributed by atoms with Crippen molar-refractivity contribution in [2.75, 3.05) is 5.32 Å². The van der Waals surface area contributed by atoms with Crippen molar-refractivity contribution in [2.24, 2.45) is 0 Å². The molecule has 2 amide bonds. The molecule has 2 rings (SSSR count). The minimum Gasteiger partial charge on any atom is -0.333 e. The van der Waals surface area contributed by atoms with E-state index in [0.717, 1.165) is 10.6 Å². The van der Waals surface area contributed by atoms with Gasteiger partial charge in [-0.25, -0.2) is 9.78 Å². The maximum atomic E-state index is 11.8. The number of Topliss-reactive ketones (excluding diaryl/α,β-unsaturated/α-hetero) is 1. The van der Waals surface area contributed by atoms with Crippen molar-refractivity contribution < 1.29 is 9.59 Å². The number of anilines is 1. The van der Waals surface area contributed by atoms with Gasteiger partial charge in [-0.3, -0.25) is 4.79 Å². The molecule has 1 aromatic carbocycles. The van der Waals surface area contributed by atoms with Gasteiger partial charge in [0.05, 0.1) is 17.7 Å². The fourth-order valence-electron chi connectivity index (χ4n) is 1.65. The molecule has 0 saturated heterocycles. The summed E-state index contributed by atoms with van der Waals surface area (Å²) >= 11 is 1.51. The highest BCUT2D eigenvalue weighted by molar-refractivity contribution is 7.09. The van der Waals surface area contributed by atoms with Crippen LogP contribution < -0.4 is 10.6 Å². The van der Waals surface area contributed by atoms with Gasteiger partial charge in [0.1, 0.15) is 0 Å². The molecule has 6 heteroatoms. The lowest BCUT2D eigenvalue weighted by molar-refractivity contribution is 0.101. The zero-order chi connectivity index (χ0) is 14.5. The maximum absolute atomic E-state index is 11.8. The molecular formula is C14H15N3O2S. The number of carbonyl (C=O) groups excluding carboxylic acids is 2. The van der Waals surface area contributed by atoms with Gasteiger partial charge in [0, 0.05) is 16.1 Å². The van der Waals surface area contributed by atoms with Crippen LogP contribution in [0.4, 0.5) is 10.5 Å². The van der Waals surface area contributed by atoms with Gasteiger partial charge in [-0.2, -0.15) is 0 Å². The number of hydrogen-bond acceptors (Lipinski definition) is 4. The van der Waals surface area contributed by atoms with E-state index in [1.807, 2.05) is 6.92 Å². The minimum absolute atomic E-state index is 0.0330. The Hall–Kier alpha value is -2.21. The van der Waals surface area contributed by atoms with Crippen LogP contribution in [0.15, 0.2) is 29.8 Å². The van der Waals surface area contributed by atoms with Gasteiger partial charge >= 0.3 is 6.03 Å². The summed E-state index contributed by atoms with van der Waals surface area (Å²) < 4.78 is 0. The van der Waals surface area contributed by atoms with Crippen LogP contribution in [0.2, 0.25) is 0 Å². The first-order chi connectivity index (χ1) is 9.56. The molecule has 2 aromatic rings. The summed E-state index contributed by atoms with van der Waals surface area (Å²) in [6.45, 7) is 3.84. The number of urea groups is 1. The second-order valence-corrected chi connectivity index (χ2v) is 5.24. The van der Waals surface area contributed by atoms with Crippen LogP contribution in [0, 0.1) is 6.92 Å². The minimum atomic E-state index is -0.307. The van der Waals surface area contributed by atoms with E-state index in [9.17, 15) is 9.59 Å². The maximum Gasteiger partial charge on any atom is 0.319 e. The summed E-state index contributed by atoms with van der Waals surface area (Å²) in [6, 6.07) is 6.54. The molecule has 1 aromatic heterocycles. The summed E-state index contributed by atoms with van der Waals surface area (Å²) in [5.41, 5.74) is 3.84. The van der Waals surface area contributed by atoms with Gasteiger partial charge in [-0.05, 0) is 26.0 Å². The number of rotatable bonds is 4. The van der Waals surface area contributed by atoms with Crippen LogP contribution >= 0.6 is 11.3 Å². The first kappa shape index (κ1) is 14.2. The first-order valence-corrected chi connectivity index (χ1v) is 6.99. The number of carbonyl (C=O) groups is 2. The molecule has 5 nitrogen and oxygen atoms in total. The number of aryl methyl sites for hydroxylation is 1. The second kappa shape index (κ2) is 6.29. The van der Waals surface area contributed by atoms with Crippen LogP contribution in [-0.2, 0) is 6.54 Å². The van der Waals surface area contributed by atoms with Crippen LogP contribution in [0.3, 0.4) is 0 Å². The Kier molecular flexibility index (Phi) is 4.47. The van der Waals surface area contributed by atoms with Crippen molar-refractivity contribution in [1.82, 2.24) is 10.3 Å². The number of nitrogens with zero attached hydrogens (tertiary/aromatic N) is 1. The van der Waals surface area contributed by atoms with E-state index in [1.165, 1.54) is 18.3 Å². The van der Waals surface area contributed by atoms with Crippen molar-refractivity contribution >= 4 is 28.8 Å². The Morgan fingerprint density at radius 2 is 2.15 bits per heavy atom. The topological polar surface area (TPSA) is 71.1 Å². The van der Waals surface area contributed by atoms with E-state index in [2.05, 4.69) is 15.6 Å². The third-order valence-corrected chi connectivity index (χ3v) is 3.72. The average Bonchev–Trinajstić information content (AvgIpc) is 2.82. The lowest BCUT2D eigenvalue weighted by Crippen LogP contribution is -2.28. The van der Waals surface area contributed by atoms with Gasteiger partial charge in [0.15, 0.2) is 5.78 Å². The fraction of sp³-hybridized carbons (Fsp3) is 0.214. The third-order valence-electron chi connectivity index (χ3n) is 2.78. The number of nitrogens with one attached hydrogen (secondary N) is 2. The number of thiazole rings is 1. The largest absolute Gasteiger partial charge is 0.333 e. The summed E-state index contributed by atoms with van der Waals surface area (Å²) in [5.74, 6) is -0.0330. The second-order valence-electron chi connectivity index (χ2n) is 4.31. The Bertz CT molecular complexity index is 637. The molecule has 0 atom stereocenters. The summed E-state index contributed by atoms with van der Waals surface area (Å²) in [4.78, 5) is 28.2. The Morgan fingerprint density at radius 1 is 1.35 bits per heavy atom. The molecule has 0 bridgehead atoms. The van der Waals surface area contributed by atoms with E-state index in [1.54, 1.807) is 29.8 Å².